The van der Waals surface area contributed by atoms with Gasteiger partial charge in [0.2, 0.25) is 0 Å². The van der Waals surface area contributed by atoms with Crippen LogP contribution >= 0.6 is 0 Å². The molecule has 27 heavy (non-hydrogen) atoms. The second kappa shape index (κ2) is 7.64. The first-order valence-corrected chi connectivity index (χ1v) is 9.00. The standard InChI is InChI=1S/C17H26N4O6/c1-6-25-13(22)11-10-9(20-21-18)8-17(12(10)11,14(23)26-7-2)19-15(24)27-16(3,4)5/h9-12H,6-8H2,1-5H3,(H,19,24)/t9-,10+,11+,12-,17+/m0/s1. The Hall–Kier alpha value is -2.48. The molecule has 0 radical (unpaired) electrons. The number of fused-ring (bicyclic) bond motifs is 1. The molecule has 150 valence electrons. The summed E-state index contributed by atoms with van der Waals surface area (Å²) in [4.78, 5) is 40.3. The van der Waals surface area contributed by atoms with Crippen molar-refractivity contribution in [1.82, 2.24) is 5.32 Å². The number of nitrogens with zero attached hydrogens (tertiary/aromatic N) is 3. The van der Waals surface area contributed by atoms with Crippen LogP contribution in [0.15, 0.2) is 5.11 Å². The van der Waals surface area contributed by atoms with Crippen molar-refractivity contribution in [2.45, 2.75) is 58.2 Å². The molecule has 0 aliphatic heterocycles. The topological polar surface area (TPSA) is 140 Å². The maximum Gasteiger partial charge on any atom is 0.408 e. The van der Waals surface area contributed by atoms with Gasteiger partial charge in [-0.25, -0.2) is 9.59 Å². The third kappa shape index (κ3) is 4.10. The van der Waals surface area contributed by atoms with E-state index in [4.69, 9.17) is 19.7 Å². The summed E-state index contributed by atoms with van der Waals surface area (Å²) in [5, 5.41) is 6.35. The third-order valence-corrected chi connectivity index (χ3v) is 4.74. The van der Waals surface area contributed by atoms with Gasteiger partial charge in [0.05, 0.1) is 19.1 Å². The molecule has 1 N–H and O–H groups in total. The van der Waals surface area contributed by atoms with E-state index in [1.165, 1.54) is 0 Å². The van der Waals surface area contributed by atoms with Gasteiger partial charge in [-0.2, -0.15) is 0 Å². The summed E-state index contributed by atoms with van der Waals surface area (Å²) in [5.41, 5.74) is 6.58. The fourth-order valence-corrected chi connectivity index (χ4v) is 3.93. The average Bonchev–Trinajstić information content (AvgIpc) is 3.21. The van der Waals surface area contributed by atoms with Gasteiger partial charge in [-0.3, -0.25) is 4.79 Å². The van der Waals surface area contributed by atoms with Crippen LogP contribution in [-0.2, 0) is 23.8 Å². The summed E-state index contributed by atoms with van der Waals surface area (Å²) in [6, 6.07) is -0.631. The van der Waals surface area contributed by atoms with Gasteiger partial charge in [0, 0.05) is 16.9 Å². The third-order valence-electron chi connectivity index (χ3n) is 4.74. The summed E-state index contributed by atoms with van der Waals surface area (Å²) in [7, 11) is 0. The van der Waals surface area contributed by atoms with Crippen molar-refractivity contribution in [2.75, 3.05) is 13.2 Å². The van der Waals surface area contributed by atoms with Crippen LogP contribution < -0.4 is 5.32 Å². The summed E-state index contributed by atoms with van der Waals surface area (Å²) in [6.07, 6.45) is -0.759. The summed E-state index contributed by atoms with van der Waals surface area (Å²) in [5.74, 6) is -2.76. The second-order valence-electron chi connectivity index (χ2n) is 7.68. The molecule has 0 heterocycles. The van der Waals surface area contributed by atoms with E-state index >= 15 is 0 Å². The van der Waals surface area contributed by atoms with Gasteiger partial charge in [-0.05, 0) is 52.5 Å². The van der Waals surface area contributed by atoms with Crippen LogP contribution in [0, 0.1) is 17.8 Å². The van der Waals surface area contributed by atoms with Crippen molar-refractivity contribution in [2.24, 2.45) is 22.9 Å². The first-order valence-electron chi connectivity index (χ1n) is 9.00. The fraction of sp³-hybridized carbons (Fsp3) is 0.824. The molecule has 2 rings (SSSR count). The van der Waals surface area contributed by atoms with Crippen LogP contribution in [0.4, 0.5) is 4.79 Å². The van der Waals surface area contributed by atoms with E-state index in [-0.39, 0.29) is 25.6 Å². The zero-order valence-corrected chi connectivity index (χ0v) is 16.2. The van der Waals surface area contributed by atoms with Crippen LogP contribution in [0.3, 0.4) is 0 Å². The van der Waals surface area contributed by atoms with Gasteiger partial charge in [0.1, 0.15) is 11.1 Å². The normalized spacial score (nSPS) is 31.1. The highest BCUT2D eigenvalue weighted by atomic mass is 16.6. The molecule has 5 atom stereocenters. The van der Waals surface area contributed by atoms with Crippen LogP contribution in [0.1, 0.15) is 41.0 Å². The van der Waals surface area contributed by atoms with Gasteiger partial charge in [-0.1, -0.05) is 5.11 Å². The predicted molar refractivity (Wildman–Crippen MR) is 93.4 cm³/mol. The first kappa shape index (κ1) is 20.8. The highest BCUT2D eigenvalue weighted by Crippen LogP contribution is 2.64. The summed E-state index contributed by atoms with van der Waals surface area (Å²) >= 11 is 0. The molecule has 0 bridgehead atoms. The van der Waals surface area contributed by atoms with E-state index < -0.39 is 47.0 Å². The lowest BCUT2D eigenvalue weighted by Gasteiger charge is -2.32. The number of nitrogens with one attached hydrogen (secondary N) is 1. The molecule has 2 saturated carbocycles. The van der Waals surface area contributed by atoms with E-state index in [1.54, 1.807) is 34.6 Å². The zero-order valence-electron chi connectivity index (χ0n) is 16.2. The lowest BCUT2D eigenvalue weighted by atomic mass is 9.89. The predicted octanol–water partition coefficient (Wildman–Crippen LogP) is 2.32. The Kier molecular flexibility index (Phi) is 5.89. The molecule has 0 aromatic carbocycles. The Balaban J connectivity index is 2.36. The zero-order chi connectivity index (χ0) is 20.4. The number of carbonyl (C=O) groups excluding carboxylic acids is 3. The fourth-order valence-electron chi connectivity index (χ4n) is 3.93. The number of ether oxygens (including phenoxy) is 3. The number of alkyl carbamates (subject to hydrolysis) is 1. The number of esters is 2. The highest BCUT2D eigenvalue weighted by molar-refractivity contribution is 5.91. The molecule has 0 spiro atoms. The SMILES string of the molecule is CCOC(=O)[C@@H]1[C@@H]2[C@@H]1[C@@](NC(=O)OC(C)(C)C)(C(=O)OCC)C[C@@H]2N=[N+]=[N-]. The van der Waals surface area contributed by atoms with Crippen LogP contribution in [0.2, 0.25) is 0 Å². The van der Waals surface area contributed by atoms with Crippen LogP contribution in [0.25, 0.3) is 10.4 Å². The Morgan fingerprint density at radius 2 is 1.85 bits per heavy atom. The smallest absolute Gasteiger partial charge is 0.408 e. The van der Waals surface area contributed by atoms with E-state index in [1.807, 2.05) is 0 Å². The molecular weight excluding hydrogens is 356 g/mol. The molecule has 0 aromatic heterocycles. The number of rotatable bonds is 6. The van der Waals surface area contributed by atoms with Crippen molar-refractivity contribution in [3.63, 3.8) is 0 Å². The number of amides is 1. The van der Waals surface area contributed by atoms with E-state index in [2.05, 4.69) is 15.3 Å². The number of azide groups is 1. The lowest BCUT2D eigenvalue weighted by Crippen LogP contribution is -2.58. The monoisotopic (exact) mass is 382 g/mol. The van der Waals surface area contributed by atoms with E-state index in [0.29, 0.717) is 0 Å². The first-order chi connectivity index (χ1) is 12.6. The maximum absolute atomic E-state index is 12.8. The Bertz CT molecular complexity index is 669. The Morgan fingerprint density at radius 1 is 1.22 bits per heavy atom. The van der Waals surface area contributed by atoms with Gasteiger partial charge in [-0.15, -0.1) is 0 Å². The van der Waals surface area contributed by atoms with Crippen molar-refractivity contribution in [3.8, 4) is 0 Å². The molecule has 0 saturated heterocycles. The second-order valence-corrected chi connectivity index (χ2v) is 7.68. The van der Waals surface area contributed by atoms with Crippen molar-refractivity contribution >= 4 is 18.0 Å². The molecule has 10 nitrogen and oxygen atoms in total. The largest absolute Gasteiger partial charge is 0.466 e. The number of carbonyl (C=O) groups is 3. The van der Waals surface area contributed by atoms with Crippen molar-refractivity contribution < 1.29 is 28.6 Å². The molecule has 0 aromatic rings. The molecule has 2 aliphatic carbocycles. The molecule has 0 unspecified atom stereocenters. The molecule has 1 amide bonds. The minimum Gasteiger partial charge on any atom is -0.466 e. The Labute approximate surface area is 157 Å². The summed E-state index contributed by atoms with van der Waals surface area (Å²) in [6.45, 7) is 8.70. The summed E-state index contributed by atoms with van der Waals surface area (Å²) < 4.78 is 15.5. The minimum absolute atomic E-state index is 0.0420. The van der Waals surface area contributed by atoms with E-state index in [0.717, 1.165) is 0 Å². The molecule has 2 aliphatic rings. The molecular formula is C17H26N4O6. The lowest BCUT2D eigenvalue weighted by molar-refractivity contribution is -0.153. The number of hydrogen-bond donors (Lipinski definition) is 1. The Morgan fingerprint density at radius 3 is 2.37 bits per heavy atom. The number of hydrogen-bond acceptors (Lipinski definition) is 7. The minimum atomic E-state index is -1.50. The highest BCUT2D eigenvalue weighted by Gasteiger charge is 2.76. The van der Waals surface area contributed by atoms with Crippen LogP contribution in [-0.4, -0.2) is 48.4 Å². The molecule has 10 heteroatoms. The maximum atomic E-state index is 12.8. The van der Waals surface area contributed by atoms with Gasteiger partial charge in [0.15, 0.2) is 0 Å². The van der Waals surface area contributed by atoms with Gasteiger partial charge >= 0.3 is 18.0 Å². The molecule has 2 fully saturated rings. The van der Waals surface area contributed by atoms with E-state index in [9.17, 15) is 14.4 Å². The van der Waals surface area contributed by atoms with Gasteiger partial charge < -0.3 is 19.5 Å². The van der Waals surface area contributed by atoms with Crippen molar-refractivity contribution in [1.29, 1.82) is 0 Å². The van der Waals surface area contributed by atoms with Crippen LogP contribution in [0.5, 0.6) is 0 Å². The average molecular weight is 382 g/mol. The van der Waals surface area contributed by atoms with Gasteiger partial charge in [0.25, 0.3) is 0 Å². The van der Waals surface area contributed by atoms with Crippen molar-refractivity contribution in [3.05, 3.63) is 10.4 Å². The quantitative estimate of drug-likeness (QED) is 0.246.